The van der Waals surface area contributed by atoms with Crippen LogP contribution in [0.25, 0.3) is 11.0 Å². The first-order valence-corrected chi connectivity index (χ1v) is 11.1. The standard InChI is InChI=1S/C23H23N5O2S/c1-27-12-11-18-20(13-27)31-23(25-18)26-22(29)14-28-19-10-6-5-9-17(19)24-21(28)15-30-16-7-3-2-4-8-16/h2-10H,11-15H2,1H3,(H,25,26,29). The predicted molar refractivity (Wildman–Crippen MR) is 121 cm³/mol. The van der Waals surface area contributed by atoms with Crippen molar-refractivity contribution in [2.45, 2.75) is 26.1 Å². The van der Waals surface area contributed by atoms with Gasteiger partial charge in [0.1, 0.15) is 24.7 Å². The molecule has 2 aromatic carbocycles. The summed E-state index contributed by atoms with van der Waals surface area (Å²) in [4.78, 5) is 25.7. The monoisotopic (exact) mass is 433 g/mol. The van der Waals surface area contributed by atoms with E-state index in [2.05, 4.69) is 27.2 Å². The van der Waals surface area contributed by atoms with Crippen LogP contribution >= 0.6 is 11.3 Å². The highest BCUT2D eigenvalue weighted by Crippen LogP contribution is 2.28. The zero-order valence-corrected chi connectivity index (χ0v) is 18.1. The summed E-state index contributed by atoms with van der Waals surface area (Å²) in [6.45, 7) is 2.31. The number of amides is 1. The average Bonchev–Trinajstić information content (AvgIpc) is 3.33. The van der Waals surface area contributed by atoms with Crippen molar-refractivity contribution in [1.29, 1.82) is 0 Å². The molecule has 2 aromatic heterocycles. The first-order chi connectivity index (χ1) is 15.2. The number of ether oxygens (including phenoxy) is 1. The van der Waals surface area contributed by atoms with Gasteiger partial charge in [-0.3, -0.25) is 4.79 Å². The van der Waals surface area contributed by atoms with Gasteiger partial charge in [-0.05, 0) is 31.3 Å². The minimum atomic E-state index is -0.122. The smallest absolute Gasteiger partial charge is 0.246 e. The van der Waals surface area contributed by atoms with E-state index in [9.17, 15) is 4.79 Å². The zero-order chi connectivity index (χ0) is 21.2. The molecule has 1 aliphatic rings. The molecule has 5 rings (SSSR count). The van der Waals surface area contributed by atoms with Crippen molar-refractivity contribution < 1.29 is 9.53 Å². The molecule has 0 spiro atoms. The molecule has 31 heavy (non-hydrogen) atoms. The number of aromatic nitrogens is 3. The normalized spacial score (nSPS) is 13.8. The summed E-state index contributed by atoms with van der Waals surface area (Å²) < 4.78 is 7.81. The van der Waals surface area contributed by atoms with Gasteiger partial charge in [-0.2, -0.15) is 0 Å². The van der Waals surface area contributed by atoms with E-state index in [1.807, 2.05) is 59.2 Å². The number of para-hydroxylation sites is 3. The Hall–Kier alpha value is -3.23. The fourth-order valence-electron chi connectivity index (χ4n) is 3.76. The molecule has 0 saturated heterocycles. The van der Waals surface area contributed by atoms with Gasteiger partial charge in [-0.1, -0.05) is 30.3 Å². The van der Waals surface area contributed by atoms with Gasteiger partial charge in [0.15, 0.2) is 5.13 Å². The van der Waals surface area contributed by atoms with Crippen molar-refractivity contribution in [2.24, 2.45) is 0 Å². The molecule has 0 bridgehead atoms. The Bertz CT molecular complexity index is 1220. The largest absolute Gasteiger partial charge is 0.486 e. The second-order valence-corrected chi connectivity index (χ2v) is 8.71. The molecule has 3 heterocycles. The molecule has 0 aliphatic carbocycles. The van der Waals surface area contributed by atoms with Gasteiger partial charge >= 0.3 is 0 Å². The van der Waals surface area contributed by atoms with Gasteiger partial charge < -0.3 is 19.5 Å². The van der Waals surface area contributed by atoms with Crippen molar-refractivity contribution in [3.8, 4) is 5.75 Å². The molecule has 1 N–H and O–H groups in total. The number of thiazole rings is 1. The van der Waals surface area contributed by atoms with Crippen LogP contribution in [0.3, 0.4) is 0 Å². The Morgan fingerprint density at radius 2 is 1.94 bits per heavy atom. The van der Waals surface area contributed by atoms with E-state index in [1.165, 1.54) is 4.88 Å². The number of carbonyl (C=O) groups excluding carboxylic acids is 1. The Morgan fingerprint density at radius 3 is 2.81 bits per heavy atom. The van der Waals surface area contributed by atoms with E-state index in [-0.39, 0.29) is 19.1 Å². The Balaban J connectivity index is 1.34. The van der Waals surface area contributed by atoms with Crippen molar-refractivity contribution in [3.63, 3.8) is 0 Å². The summed E-state index contributed by atoms with van der Waals surface area (Å²) in [5.74, 6) is 1.35. The minimum Gasteiger partial charge on any atom is -0.486 e. The highest BCUT2D eigenvalue weighted by atomic mass is 32.1. The van der Waals surface area contributed by atoms with Crippen molar-refractivity contribution in [1.82, 2.24) is 19.4 Å². The third kappa shape index (κ3) is 4.30. The SMILES string of the molecule is CN1CCc2nc(NC(=O)Cn3c(COc4ccccc4)nc4ccccc43)sc2C1. The molecule has 158 valence electrons. The molecule has 0 radical (unpaired) electrons. The molecule has 7 nitrogen and oxygen atoms in total. The van der Waals surface area contributed by atoms with E-state index >= 15 is 0 Å². The van der Waals surface area contributed by atoms with Crippen molar-refractivity contribution in [3.05, 3.63) is 71.0 Å². The zero-order valence-electron chi connectivity index (χ0n) is 17.2. The van der Waals surface area contributed by atoms with Crippen LogP contribution in [0, 0.1) is 0 Å². The molecule has 1 aliphatic heterocycles. The lowest BCUT2D eigenvalue weighted by molar-refractivity contribution is -0.116. The number of hydrogen-bond donors (Lipinski definition) is 1. The van der Waals surface area contributed by atoms with E-state index in [0.29, 0.717) is 11.0 Å². The summed E-state index contributed by atoms with van der Waals surface area (Å²) in [5.41, 5.74) is 2.85. The second-order valence-electron chi connectivity index (χ2n) is 7.63. The molecule has 4 aromatic rings. The summed E-state index contributed by atoms with van der Waals surface area (Å²) in [5, 5.41) is 3.64. The lowest BCUT2D eigenvalue weighted by Crippen LogP contribution is -2.25. The van der Waals surface area contributed by atoms with Crippen LogP contribution in [0.15, 0.2) is 54.6 Å². The van der Waals surface area contributed by atoms with Crippen LogP contribution in [-0.4, -0.2) is 38.9 Å². The number of nitrogens with one attached hydrogen (secondary N) is 1. The highest BCUT2D eigenvalue weighted by Gasteiger charge is 2.20. The molecule has 0 atom stereocenters. The van der Waals surface area contributed by atoms with Gasteiger partial charge in [0.2, 0.25) is 5.91 Å². The molecule has 8 heteroatoms. The maximum atomic E-state index is 12.9. The fourth-order valence-corrected chi connectivity index (χ4v) is 4.86. The first-order valence-electron chi connectivity index (χ1n) is 10.2. The maximum Gasteiger partial charge on any atom is 0.246 e. The Morgan fingerprint density at radius 1 is 1.13 bits per heavy atom. The number of carbonyl (C=O) groups is 1. The number of nitrogens with zero attached hydrogens (tertiary/aromatic N) is 4. The molecule has 0 saturated carbocycles. The predicted octanol–water partition coefficient (Wildman–Crippen LogP) is 3.70. The molecule has 0 unspecified atom stereocenters. The number of likely N-dealkylation sites (N-methyl/N-ethyl adjacent to an activating group) is 1. The highest BCUT2D eigenvalue weighted by molar-refractivity contribution is 7.15. The number of hydrogen-bond acceptors (Lipinski definition) is 6. The van der Waals surface area contributed by atoms with Gasteiger partial charge in [0, 0.05) is 24.4 Å². The first kappa shape index (κ1) is 19.7. The number of rotatable bonds is 6. The Kier molecular flexibility index (Phi) is 5.40. The molecular formula is C23H23N5O2S. The van der Waals surface area contributed by atoms with Gasteiger partial charge in [0.05, 0.1) is 16.7 Å². The number of anilines is 1. The molecular weight excluding hydrogens is 410 g/mol. The van der Waals surface area contributed by atoms with E-state index < -0.39 is 0 Å². The number of imidazole rings is 1. The molecule has 1 amide bonds. The maximum absolute atomic E-state index is 12.9. The third-order valence-electron chi connectivity index (χ3n) is 5.31. The second kappa shape index (κ2) is 8.49. The van der Waals surface area contributed by atoms with Gasteiger partial charge in [0.25, 0.3) is 0 Å². The van der Waals surface area contributed by atoms with Crippen LogP contribution in [0.2, 0.25) is 0 Å². The minimum absolute atomic E-state index is 0.122. The van der Waals surface area contributed by atoms with Crippen LogP contribution in [-0.2, 0) is 30.9 Å². The van der Waals surface area contributed by atoms with E-state index in [1.54, 1.807) is 11.3 Å². The quantitative estimate of drug-likeness (QED) is 0.502. The van der Waals surface area contributed by atoms with Gasteiger partial charge in [-0.25, -0.2) is 9.97 Å². The average molecular weight is 434 g/mol. The van der Waals surface area contributed by atoms with Crippen LogP contribution < -0.4 is 10.1 Å². The van der Waals surface area contributed by atoms with Crippen LogP contribution in [0.4, 0.5) is 5.13 Å². The third-order valence-corrected chi connectivity index (χ3v) is 6.31. The lowest BCUT2D eigenvalue weighted by atomic mass is 10.2. The lowest BCUT2D eigenvalue weighted by Gasteiger charge is -2.20. The topological polar surface area (TPSA) is 72.3 Å². The Labute approximate surface area is 184 Å². The summed E-state index contributed by atoms with van der Waals surface area (Å²) >= 11 is 1.56. The van der Waals surface area contributed by atoms with Crippen molar-refractivity contribution >= 4 is 33.4 Å². The summed E-state index contributed by atoms with van der Waals surface area (Å²) in [6.07, 6.45) is 0.922. The summed E-state index contributed by atoms with van der Waals surface area (Å²) in [6, 6.07) is 17.4. The number of benzene rings is 2. The number of fused-ring (bicyclic) bond motifs is 2. The van der Waals surface area contributed by atoms with E-state index in [0.717, 1.165) is 42.0 Å². The van der Waals surface area contributed by atoms with E-state index in [4.69, 9.17) is 4.74 Å². The van der Waals surface area contributed by atoms with Gasteiger partial charge in [-0.15, -0.1) is 11.3 Å². The van der Waals surface area contributed by atoms with Crippen molar-refractivity contribution in [2.75, 3.05) is 18.9 Å². The van der Waals surface area contributed by atoms with Crippen LogP contribution in [0.5, 0.6) is 5.75 Å². The van der Waals surface area contributed by atoms with Crippen LogP contribution in [0.1, 0.15) is 16.4 Å². The molecule has 0 fully saturated rings. The summed E-state index contributed by atoms with van der Waals surface area (Å²) in [7, 11) is 2.10. The fraction of sp³-hybridized carbons (Fsp3) is 0.261.